The van der Waals surface area contributed by atoms with Gasteiger partial charge in [-0.25, -0.2) is 9.59 Å². The van der Waals surface area contributed by atoms with Crippen LogP contribution in [0.1, 0.15) is 13.3 Å². The van der Waals surface area contributed by atoms with Crippen molar-refractivity contribution >= 4 is 29.5 Å². The Morgan fingerprint density at radius 2 is 1.64 bits per heavy atom. The van der Waals surface area contributed by atoms with E-state index in [0.29, 0.717) is 18.5 Å². The quantitative estimate of drug-likeness (QED) is 0.387. The van der Waals surface area contributed by atoms with Crippen LogP contribution in [0.3, 0.4) is 0 Å². The maximum Gasteiger partial charge on any atom is 0.490 e. The van der Waals surface area contributed by atoms with Crippen molar-refractivity contribution in [2.45, 2.75) is 37.8 Å². The first-order valence-corrected chi connectivity index (χ1v) is 9.19. The predicted octanol–water partition coefficient (Wildman–Crippen LogP) is 1.32. The average Bonchev–Trinajstić information content (AvgIpc) is 2.66. The molecule has 1 atom stereocenters. The van der Waals surface area contributed by atoms with E-state index < -0.39 is 24.3 Å². The molecule has 33 heavy (non-hydrogen) atoms. The molecule has 0 aromatic carbocycles. The molecule has 0 aliphatic carbocycles. The van der Waals surface area contributed by atoms with Gasteiger partial charge in [-0.2, -0.15) is 36.3 Å². The average molecular weight is 492 g/mol. The maximum absolute atomic E-state index is 10.6. The van der Waals surface area contributed by atoms with Gasteiger partial charge in [0.1, 0.15) is 6.61 Å². The molecule has 0 amide bonds. The molecule has 188 valence electrons. The molecule has 1 aromatic heterocycles. The van der Waals surface area contributed by atoms with E-state index in [1.807, 2.05) is 7.05 Å². The number of hydrogen-bond donors (Lipinski definition) is 5. The number of rotatable bonds is 3. The number of likely N-dealkylation sites (N-methyl/N-ethyl adjacent to an activating group) is 1. The van der Waals surface area contributed by atoms with Gasteiger partial charge >= 0.3 is 24.3 Å². The molecular formula is C16H22F6N6O5. The number of nitrogens with zero attached hydrogens (tertiary/aromatic N) is 3. The highest BCUT2D eigenvalue weighted by atomic mass is 19.4. The zero-order valence-electron chi connectivity index (χ0n) is 17.3. The van der Waals surface area contributed by atoms with Crippen molar-refractivity contribution in [1.29, 1.82) is 0 Å². The third-order valence-corrected chi connectivity index (χ3v) is 4.20. The lowest BCUT2D eigenvalue weighted by Gasteiger charge is -2.41. The van der Waals surface area contributed by atoms with Crippen molar-refractivity contribution in [2.75, 3.05) is 42.7 Å². The van der Waals surface area contributed by atoms with E-state index in [1.165, 1.54) is 0 Å². The number of nitrogens with one attached hydrogen (secondary N) is 2. The number of carboxylic acid groups (broad SMARTS) is 2. The van der Waals surface area contributed by atoms with E-state index in [9.17, 15) is 26.3 Å². The SMILES string of the molecule is CC[C@@H]1COc2c(nc(N)nc2N2CC(NC)C2)N1.O=C(O)C(F)(F)F.O=C(O)C(F)(F)F. The number of halogens is 6. The van der Waals surface area contributed by atoms with Gasteiger partial charge in [-0.15, -0.1) is 0 Å². The van der Waals surface area contributed by atoms with E-state index in [4.69, 9.17) is 30.3 Å². The highest BCUT2D eigenvalue weighted by Crippen LogP contribution is 2.38. The minimum Gasteiger partial charge on any atom is -0.484 e. The van der Waals surface area contributed by atoms with Crippen LogP contribution in [0.5, 0.6) is 5.75 Å². The molecule has 17 heteroatoms. The molecule has 11 nitrogen and oxygen atoms in total. The van der Waals surface area contributed by atoms with E-state index >= 15 is 0 Å². The summed E-state index contributed by atoms with van der Waals surface area (Å²) in [6.07, 6.45) is -9.18. The van der Waals surface area contributed by atoms with Gasteiger partial charge < -0.3 is 36.2 Å². The standard InChI is InChI=1S/C12H20N6O.2C2HF3O2/c1-3-7-6-19-9-10(15-7)16-12(13)17-11(9)18-4-8(5-18)14-2;2*3-2(4,5)1(6)7/h7-8,14H,3-6H2,1-2H3,(H3,13,15,16,17);2*(H,6,7)/t7-;;/m1../s1. The van der Waals surface area contributed by atoms with Crippen molar-refractivity contribution in [3.05, 3.63) is 0 Å². The molecule has 1 fully saturated rings. The second-order valence-electron chi connectivity index (χ2n) is 6.64. The first kappa shape index (κ1) is 27.8. The molecule has 0 radical (unpaired) electrons. The summed E-state index contributed by atoms with van der Waals surface area (Å²) < 4.78 is 69.3. The fraction of sp³-hybridized carbons (Fsp3) is 0.625. The Hall–Kier alpha value is -3.24. The van der Waals surface area contributed by atoms with Crippen molar-refractivity contribution in [2.24, 2.45) is 0 Å². The van der Waals surface area contributed by atoms with Gasteiger partial charge in [0.2, 0.25) is 11.7 Å². The zero-order chi connectivity index (χ0) is 25.6. The number of aromatic nitrogens is 2. The molecule has 3 heterocycles. The van der Waals surface area contributed by atoms with Crippen molar-refractivity contribution < 1.29 is 50.9 Å². The predicted molar refractivity (Wildman–Crippen MR) is 102 cm³/mol. The minimum atomic E-state index is -5.08. The first-order valence-electron chi connectivity index (χ1n) is 9.19. The Morgan fingerprint density at radius 1 is 1.15 bits per heavy atom. The van der Waals surface area contributed by atoms with Gasteiger partial charge in [-0.3, -0.25) is 0 Å². The number of alkyl halides is 6. The van der Waals surface area contributed by atoms with Gasteiger partial charge in [0.15, 0.2) is 11.6 Å². The van der Waals surface area contributed by atoms with Gasteiger partial charge in [0.25, 0.3) is 0 Å². The summed E-state index contributed by atoms with van der Waals surface area (Å²) in [5.41, 5.74) is 5.79. The summed E-state index contributed by atoms with van der Waals surface area (Å²) in [5, 5.41) is 20.8. The molecule has 3 rings (SSSR count). The molecule has 0 unspecified atom stereocenters. The molecule has 0 saturated carbocycles. The van der Waals surface area contributed by atoms with Crippen LogP contribution >= 0.6 is 0 Å². The number of hydrogen-bond acceptors (Lipinski definition) is 9. The smallest absolute Gasteiger partial charge is 0.484 e. The van der Waals surface area contributed by atoms with E-state index in [2.05, 4.69) is 32.4 Å². The highest BCUT2D eigenvalue weighted by molar-refractivity contribution is 5.73. The highest BCUT2D eigenvalue weighted by Gasteiger charge is 2.39. The van der Waals surface area contributed by atoms with Crippen LogP contribution in [0.15, 0.2) is 0 Å². The normalized spacial score (nSPS) is 17.6. The molecule has 0 bridgehead atoms. The van der Waals surface area contributed by atoms with Crippen LogP contribution in [-0.2, 0) is 9.59 Å². The van der Waals surface area contributed by atoms with Crippen molar-refractivity contribution in [3.63, 3.8) is 0 Å². The summed E-state index contributed by atoms with van der Waals surface area (Å²) in [6.45, 7) is 4.59. The Kier molecular flexibility index (Phi) is 9.32. The van der Waals surface area contributed by atoms with Crippen LogP contribution in [-0.4, -0.2) is 83.3 Å². The number of carbonyl (C=O) groups is 2. The number of aliphatic carboxylic acids is 2. The Labute approximate surface area is 182 Å². The third kappa shape index (κ3) is 8.32. The summed E-state index contributed by atoms with van der Waals surface area (Å²) >= 11 is 0. The van der Waals surface area contributed by atoms with Crippen LogP contribution in [0, 0.1) is 0 Å². The van der Waals surface area contributed by atoms with E-state index in [-0.39, 0.29) is 12.0 Å². The van der Waals surface area contributed by atoms with E-state index in [1.54, 1.807) is 0 Å². The lowest BCUT2D eigenvalue weighted by atomic mass is 10.1. The number of fused-ring (bicyclic) bond motifs is 1. The second-order valence-corrected chi connectivity index (χ2v) is 6.64. The zero-order valence-corrected chi connectivity index (χ0v) is 17.3. The third-order valence-electron chi connectivity index (χ3n) is 4.20. The van der Waals surface area contributed by atoms with Gasteiger partial charge in [0.05, 0.1) is 6.04 Å². The van der Waals surface area contributed by atoms with Crippen LogP contribution < -0.4 is 26.0 Å². The number of carboxylic acids is 2. The van der Waals surface area contributed by atoms with Gasteiger partial charge in [-0.1, -0.05) is 6.92 Å². The van der Waals surface area contributed by atoms with Gasteiger partial charge in [-0.05, 0) is 13.5 Å². The monoisotopic (exact) mass is 492 g/mol. The molecule has 0 spiro atoms. The topological polar surface area (TPSA) is 163 Å². The molecule has 1 aromatic rings. The summed E-state index contributed by atoms with van der Waals surface area (Å²) in [5.74, 6) is -2.98. The van der Waals surface area contributed by atoms with Crippen LogP contribution in [0.4, 0.5) is 43.9 Å². The molecule has 6 N–H and O–H groups in total. The molecular weight excluding hydrogens is 470 g/mol. The summed E-state index contributed by atoms with van der Waals surface area (Å²) in [6, 6.07) is 0.794. The number of anilines is 3. The largest absolute Gasteiger partial charge is 0.490 e. The number of nitrogens with two attached hydrogens (primary N) is 1. The first-order chi connectivity index (χ1) is 15.1. The van der Waals surface area contributed by atoms with Crippen LogP contribution in [0.25, 0.3) is 0 Å². The fourth-order valence-corrected chi connectivity index (χ4v) is 2.37. The molecule has 1 saturated heterocycles. The molecule has 2 aliphatic heterocycles. The summed E-state index contributed by atoms with van der Waals surface area (Å²) in [4.78, 5) is 28.5. The maximum atomic E-state index is 10.6. The minimum absolute atomic E-state index is 0.287. The van der Waals surface area contributed by atoms with Crippen LogP contribution in [0.2, 0.25) is 0 Å². The Bertz CT molecular complexity index is 807. The summed E-state index contributed by atoms with van der Waals surface area (Å²) in [7, 11) is 1.97. The number of nitrogen functional groups attached to an aromatic ring is 1. The fourth-order valence-electron chi connectivity index (χ4n) is 2.37. The Morgan fingerprint density at radius 3 is 2.03 bits per heavy atom. The number of ether oxygens (including phenoxy) is 1. The lowest BCUT2D eigenvalue weighted by Crippen LogP contribution is -2.57. The van der Waals surface area contributed by atoms with Crippen molar-refractivity contribution in [1.82, 2.24) is 15.3 Å². The van der Waals surface area contributed by atoms with E-state index in [0.717, 1.165) is 31.1 Å². The van der Waals surface area contributed by atoms with Gasteiger partial charge in [0, 0.05) is 19.1 Å². The second kappa shape index (κ2) is 11.1. The lowest BCUT2D eigenvalue weighted by molar-refractivity contribution is -0.193. The Balaban J connectivity index is 0.000000324. The molecule has 2 aliphatic rings. The van der Waals surface area contributed by atoms with Crippen molar-refractivity contribution in [3.8, 4) is 5.75 Å².